The van der Waals surface area contributed by atoms with Gasteiger partial charge in [0, 0.05) is 6.61 Å². The van der Waals surface area contributed by atoms with Gasteiger partial charge in [-0.15, -0.1) is 0 Å². The van der Waals surface area contributed by atoms with E-state index in [9.17, 15) is 5.11 Å². The number of aliphatic hydroxyl groups excluding tert-OH is 1. The van der Waals surface area contributed by atoms with Crippen molar-refractivity contribution in [3.05, 3.63) is 11.6 Å². The normalized spacial score (nSPS) is 30.1. The second-order valence-electron chi connectivity index (χ2n) is 5.08. The van der Waals surface area contributed by atoms with Crippen molar-refractivity contribution < 1.29 is 9.84 Å². The number of hydrogen-bond donors (Lipinski definition) is 1. The molecule has 2 unspecified atom stereocenters. The summed E-state index contributed by atoms with van der Waals surface area (Å²) in [6, 6.07) is 0. The van der Waals surface area contributed by atoms with Gasteiger partial charge in [0.2, 0.25) is 0 Å². The third-order valence-corrected chi connectivity index (χ3v) is 3.77. The molecule has 0 saturated carbocycles. The summed E-state index contributed by atoms with van der Waals surface area (Å²) in [6.45, 7) is 0.828. The number of aliphatic hydroxyl groups is 1. The van der Waals surface area contributed by atoms with Crippen molar-refractivity contribution in [2.45, 2.75) is 70.0 Å². The molecule has 1 N–H and O–H groups in total. The Kier molecular flexibility index (Phi) is 4.86. The van der Waals surface area contributed by atoms with Gasteiger partial charge in [0.25, 0.3) is 0 Å². The molecule has 0 bridgehead atoms. The minimum absolute atomic E-state index is 0.0689. The lowest BCUT2D eigenvalue weighted by Gasteiger charge is -2.29. The van der Waals surface area contributed by atoms with Gasteiger partial charge in [-0.2, -0.15) is 0 Å². The van der Waals surface area contributed by atoms with Gasteiger partial charge in [-0.05, 0) is 50.5 Å². The molecule has 0 spiro atoms. The van der Waals surface area contributed by atoms with Gasteiger partial charge in [0.15, 0.2) is 0 Å². The van der Waals surface area contributed by atoms with E-state index in [-0.39, 0.29) is 12.2 Å². The predicted octanol–water partition coefficient (Wildman–Crippen LogP) is 3.20. The lowest BCUT2D eigenvalue weighted by molar-refractivity contribution is -0.0492. The Morgan fingerprint density at radius 1 is 1.12 bits per heavy atom. The molecule has 2 heteroatoms. The summed E-state index contributed by atoms with van der Waals surface area (Å²) in [5, 5.41) is 10.3. The van der Waals surface area contributed by atoms with Crippen molar-refractivity contribution in [1.82, 2.24) is 0 Å². The van der Waals surface area contributed by atoms with Gasteiger partial charge < -0.3 is 9.84 Å². The Morgan fingerprint density at radius 3 is 2.81 bits per heavy atom. The van der Waals surface area contributed by atoms with Gasteiger partial charge >= 0.3 is 0 Å². The molecule has 1 saturated heterocycles. The van der Waals surface area contributed by atoms with Crippen molar-refractivity contribution in [2.75, 3.05) is 6.61 Å². The molecule has 1 aliphatic heterocycles. The van der Waals surface area contributed by atoms with Crippen LogP contribution in [-0.4, -0.2) is 23.9 Å². The van der Waals surface area contributed by atoms with Crippen LogP contribution in [0.15, 0.2) is 11.6 Å². The Balaban J connectivity index is 1.92. The molecule has 0 aromatic rings. The van der Waals surface area contributed by atoms with Crippen molar-refractivity contribution in [3.63, 3.8) is 0 Å². The summed E-state index contributed by atoms with van der Waals surface area (Å²) in [4.78, 5) is 0. The van der Waals surface area contributed by atoms with Crippen molar-refractivity contribution >= 4 is 0 Å². The average molecular weight is 224 g/mol. The van der Waals surface area contributed by atoms with Gasteiger partial charge in [-0.1, -0.05) is 18.9 Å². The fourth-order valence-corrected chi connectivity index (χ4v) is 2.74. The largest absolute Gasteiger partial charge is 0.386 e. The second kappa shape index (κ2) is 6.41. The van der Waals surface area contributed by atoms with Crippen LogP contribution in [0.4, 0.5) is 0 Å². The lowest BCUT2D eigenvalue weighted by Crippen LogP contribution is -2.33. The van der Waals surface area contributed by atoms with Gasteiger partial charge in [0.1, 0.15) is 6.10 Å². The molecule has 2 aliphatic rings. The van der Waals surface area contributed by atoms with E-state index in [1.54, 1.807) is 0 Å². The van der Waals surface area contributed by atoms with E-state index in [2.05, 4.69) is 6.08 Å². The fourth-order valence-electron chi connectivity index (χ4n) is 2.74. The smallest absolute Gasteiger partial charge is 0.101 e. The van der Waals surface area contributed by atoms with Crippen LogP contribution < -0.4 is 0 Å². The highest BCUT2D eigenvalue weighted by Gasteiger charge is 2.25. The first-order valence-electron chi connectivity index (χ1n) is 6.86. The molecule has 16 heavy (non-hydrogen) atoms. The molecule has 92 valence electrons. The number of ether oxygens (including phenoxy) is 1. The highest BCUT2D eigenvalue weighted by atomic mass is 16.5. The summed E-state index contributed by atoms with van der Waals surface area (Å²) in [5.41, 5.74) is 1.24. The molecule has 0 aromatic heterocycles. The highest BCUT2D eigenvalue weighted by molar-refractivity contribution is 5.11. The van der Waals surface area contributed by atoms with Crippen molar-refractivity contribution in [2.24, 2.45) is 0 Å². The second-order valence-corrected chi connectivity index (χ2v) is 5.08. The summed E-state index contributed by atoms with van der Waals surface area (Å²) >= 11 is 0. The van der Waals surface area contributed by atoms with E-state index in [4.69, 9.17) is 4.74 Å². The van der Waals surface area contributed by atoms with E-state index in [0.29, 0.717) is 0 Å². The molecule has 1 aliphatic carbocycles. The summed E-state index contributed by atoms with van der Waals surface area (Å²) in [5.74, 6) is 0. The van der Waals surface area contributed by atoms with Gasteiger partial charge in [0.05, 0.1) is 6.10 Å². The molecular formula is C14H24O2. The van der Waals surface area contributed by atoms with Crippen LogP contribution in [0, 0.1) is 0 Å². The third kappa shape index (κ3) is 3.33. The van der Waals surface area contributed by atoms with Crippen LogP contribution in [0.1, 0.15) is 57.8 Å². The van der Waals surface area contributed by atoms with Crippen LogP contribution in [0.5, 0.6) is 0 Å². The quantitative estimate of drug-likeness (QED) is 0.730. The molecule has 2 rings (SSSR count). The SMILES string of the molecule is OC(C1=CCCCCCC1)C1CCCCO1. The standard InChI is InChI=1S/C14H24O2/c15-14(13-10-6-7-11-16-13)12-8-4-2-1-3-5-9-12/h8,13-15H,1-7,9-11H2. The zero-order chi connectivity index (χ0) is 11.2. The van der Waals surface area contributed by atoms with E-state index in [1.807, 2.05) is 0 Å². The maximum atomic E-state index is 10.3. The predicted molar refractivity (Wildman–Crippen MR) is 65.4 cm³/mol. The van der Waals surface area contributed by atoms with Crippen LogP contribution in [0.25, 0.3) is 0 Å². The number of hydrogen-bond acceptors (Lipinski definition) is 2. The van der Waals surface area contributed by atoms with E-state index in [0.717, 1.165) is 32.3 Å². The highest BCUT2D eigenvalue weighted by Crippen LogP contribution is 2.25. The molecule has 0 radical (unpaired) electrons. The maximum absolute atomic E-state index is 10.3. The van der Waals surface area contributed by atoms with E-state index >= 15 is 0 Å². The van der Waals surface area contributed by atoms with Crippen LogP contribution in [-0.2, 0) is 4.74 Å². The van der Waals surface area contributed by atoms with Crippen LogP contribution in [0.3, 0.4) is 0 Å². The Labute approximate surface area is 98.7 Å². The van der Waals surface area contributed by atoms with E-state index < -0.39 is 0 Å². The van der Waals surface area contributed by atoms with Gasteiger partial charge in [-0.25, -0.2) is 0 Å². The molecule has 1 heterocycles. The van der Waals surface area contributed by atoms with Crippen LogP contribution >= 0.6 is 0 Å². The van der Waals surface area contributed by atoms with Crippen molar-refractivity contribution in [1.29, 1.82) is 0 Å². The topological polar surface area (TPSA) is 29.5 Å². The first-order valence-corrected chi connectivity index (χ1v) is 6.86. The zero-order valence-corrected chi connectivity index (χ0v) is 10.2. The Bertz CT molecular complexity index is 229. The van der Waals surface area contributed by atoms with Gasteiger partial charge in [-0.3, -0.25) is 0 Å². The molecule has 1 fully saturated rings. The molecule has 0 aromatic carbocycles. The molecule has 2 nitrogen and oxygen atoms in total. The van der Waals surface area contributed by atoms with Crippen molar-refractivity contribution in [3.8, 4) is 0 Å². The van der Waals surface area contributed by atoms with E-state index in [1.165, 1.54) is 37.7 Å². The summed E-state index contributed by atoms with van der Waals surface area (Å²) in [7, 11) is 0. The summed E-state index contributed by atoms with van der Waals surface area (Å²) < 4.78 is 5.67. The molecule has 2 atom stereocenters. The maximum Gasteiger partial charge on any atom is 0.101 e. The Morgan fingerprint density at radius 2 is 2.00 bits per heavy atom. The minimum Gasteiger partial charge on any atom is -0.386 e. The third-order valence-electron chi connectivity index (χ3n) is 3.77. The zero-order valence-electron chi connectivity index (χ0n) is 10.2. The lowest BCUT2D eigenvalue weighted by atomic mass is 9.91. The molecular weight excluding hydrogens is 200 g/mol. The first-order chi connectivity index (χ1) is 7.88. The minimum atomic E-state index is -0.335. The Hall–Kier alpha value is -0.340. The number of allylic oxidation sites excluding steroid dienone is 1. The first kappa shape index (κ1) is 12.1. The van der Waals surface area contributed by atoms with Crippen LogP contribution in [0.2, 0.25) is 0 Å². The molecule has 0 amide bonds. The summed E-state index contributed by atoms with van der Waals surface area (Å²) in [6.07, 6.45) is 12.8. The average Bonchev–Trinajstić information content (AvgIpc) is 2.29. The fraction of sp³-hybridized carbons (Fsp3) is 0.857. The number of rotatable bonds is 2. The monoisotopic (exact) mass is 224 g/mol.